The summed E-state index contributed by atoms with van der Waals surface area (Å²) in [5.74, 6) is -0.379. The van der Waals surface area contributed by atoms with Crippen LogP contribution in [-0.4, -0.2) is 12.5 Å². The predicted molar refractivity (Wildman–Crippen MR) is 71.5 cm³/mol. The van der Waals surface area contributed by atoms with Crippen LogP contribution in [0.15, 0.2) is 22.7 Å². The molecule has 1 aromatic carbocycles. The second-order valence-electron chi connectivity index (χ2n) is 3.40. The first-order valence-corrected chi connectivity index (χ1v) is 5.83. The molecule has 0 radical (unpaired) electrons. The summed E-state index contributed by atoms with van der Waals surface area (Å²) in [4.78, 5) is 11.3. The van der Waals surface area contributed by atoms with Crippen LogP contribution in [0.2, 0.25) is 0 Å². The number of hydrogen-bond acceptors (Lipinski definition) is 2. The van der Waals surface area contributed by atoms with Crippen LogP contribution >= 0.6 is 28.3 Å². The van der Waals surface area contributed by atoms with Gasteiger partial charge in [-0.05, 0) is 36.7 Å². The summed E-state index contributed by atoms with van der Waals surface area (Å²) in [5, 5.41) is 2.71. The molecule has 1 rings (SSSR count). The van der Waals surface area contributed by atoms with E-state index in [9.17, 15) is 9.18 Å². The third-order valence-electron chi connectivity index (χ3n) is 2.09. The molecule has 1 aromatic rings. The first kappa shape index (κ1) is 16.4. The van der Waals surface area contributed by atoms with Gasteiger partial charge in [0, 0.05) is 17.4 Å². The van der Waals surface area contributed by atoms with Crippen molar-refractivity contribution < 1.29 is 9.18 Å². The van der Waals surface area contributed by atoms with E-state index in [4.69, 9.17) is 5.73 Å². The smallest absolute Gasteiger partial charge is 0.220 e. The Balaban J connectivity index is 0.00000256. The second kappa shape index (κ2) is 8.44. The summed E-state index contributed by atoms with van der Waals surface area (Å²) < 4.78 is 13.7. The fraction of sp³-hybridized carbons (Fsp3) is 0.364. The van der Waals surface area contributed by atoms with E-state index in [1.807, 2.05) is 0 Å². The number of amides is 1. The van der Waals surface area contributed by atoms with Crippen molar-refractivity contribution >= 4 is 34.2 Å². The van der Waals surface area contributed by atoms with Crippen molar-refractivity contribution in [2.45, 2.75) is 19.4 Å². The minimum Gasteiger partial charge on any atom is -0.352 e. The van der Waals surface area contributed by atoms with Gasteiger partial charge in [-0.2, -0.15) is 0 Å². The molecule has 0 aliphatic rings. The van der Waals surface area contributed by atoms with Gasteiger partial charge in [-0.15, -0.1) is 12.4 Å². The lowest BCUT2D eigenvalue weighted by Gasteiger charge is -2.07. The minimum atomic E-state index is -0.311. The summed E-state index contributed by atoms with van der Waals surface area (Å²) in [6, 6.07) is 4.38. The second-order valence-corrected chi connectivity index (χ2v) is 4.26. The van der Waals surface area contributed by atoms with Crippen LogP contribution < -0.4 is 11.1 Å². The van der Waals surface area contributed by atoms with Crippen LogP contribution in [0.5, 0.6) is 0 Å². The van der Waals surface area contributed by atoms with E-state index < -0.39 is 0 Å². The molecule has 0 spiro atoms. The number of benzene rings is 1. The Labute approximate surface area is 114 Å². The molecular formula is C11H15BrClFN2O. The molecular weight excluding hydrogens is 310 g/mol. The van der Waals surface area contributed by atoms with Gasteiger partial charge in [0.05, 0.1) is 0 Å². The maximum atomic E-state index is 12.9. The summed E-state index contributed by atoms with van der Waals surface area (Å²) in [5.41, 5.74) is 6.01. The molecule has 96 valence electrons. The van der Waals surface area contributed by atoms with Gasteiger partial charge in [-0.3, -0.25) is 4.79 Å². The van der Waals surface area contributed by atoms with Crippen molar-refractivity contribution in [3.8, 4) is 0 Å². The van der Waals surface area contributed by atoms with Gasteiger partial charge < -0.3 is 11.1 Å². The molecule has 1 amide bonds. The van der Waals surface area contributed by atoms with Crippen LogP contribution in [0, 0.1) is 5.82 Å². The highest BCUT2D eigenvalue weighted by Crippen LogP contribution is 2.17. The highest BCUT2D eigenvalue weighted by molar-refractivity contribution is 9.10. The van der Waals surface area contributed by atoms with Gasteiger partial charge in [0.2, 0.25) is 5.91 Å². The zero-order valence-electron chi connectivity index (χ0n) is 9.21. The van der Waals surface area contributed by atoms with Gasteiger partial charge in [0.1, 0.15) is 5.82 Å². The number of nitrogens with two attached hydrogens (primary N) is 1. The van der Waals surface area contributed by atoms with Crippen molar-refractivity contribution in [2.24, 2.45) is 5.73 Å². The third kappa shape index (κ3) is 6.00. The number of halogens is 3. The first-order chi connectivity index (χ1) is 7.63. The number of rotatable bonds is 5. The maximum Gasteiger partial charge on any atom is 0.220 e. The van der Waals surface area contributed by atoms with Gasteiger partial charge in [0.15, 0.2) is 0 Å². The molecule has 0 heterocycles. The van der Waals surface area contributed by atoms with E-state index >= 15 is 0 Å². The van der Waals surface area contributed by atoms with Crippen molar-refractivity contribution in [3.63, 3.8) is 0 Å². The molecule has 0 saturated carbocycles. The highest BCUT2D eigenvalue weighted by Gasteiger charge is 2.04. The average Bonchev–Trinajstić information content (AvgIpc) is 2.27. The SMILES string of the molecule is Cl.NCCCC(=O)NCc1cc(F)ccc1Br. The number of carbonyl (C=O) groups excluding carboxylic acids is 1. The Morgan fingerprint density at radius 3 is 2.82 bits per heavy atom. The quantitative estimate of drug-likeness (QED) is 0.873. The standard InChI is InChI=1S/C11H14BrFN2O.ClH/c12-10-4-3-9(13)6-8(10)7-15-11(16)2-1-5-14;/h3-4,6H,1-2,5,7,14H2,(H,15,16);1H. The molecule has 17 heavy (non-hydrogen) atoms. The van der Waals surface area contributed by atoms with E-state index in [0.717, 1.165) is 10.0 Å². The molecule has 6 heteroatoms. The Hall–Kier alpha value is -0.650. The number of hydrogen-bond donors (Lipinski definition) is 2. The number of carbonyl (C=O) groups is 1. The Morgan fingerprint density at radius 1 is 1.47 bits per heavy atom. The molecule has 0 aliphatic carbocycles. The molecule has 0 unspecified atom stereocenters. The van der Waals surface area contributed by atoms with E-state index in [1.54, 1.807) is 6.07 Å². The monoisotopic (exact) mass is 324 g/mol. The predicted octanol–water partition coefficient (Wildman–Crippen LogP) is 2.37. The van der Waals surface area contributed by atoms with Gasteiger partial charge in [-0.1, -0.05) is 15.9 Å². The minimum absolute atomic E-state index is 0. The first-order valence-electron chi connectivity index (χ1n) is 5.04. The summed E-state index contributed by atoms with van der Waals surface area (Å²) >= 11 is 3.30. The van der Waals surface area contributed by atoms with Gasteiger partial charge >= 0.3 is 0 Å². The van der Waals surface area contributed by atoms with Gasteiger partial charge in [-0.25, -0.2) is 4.39 Å². The fourth-order valence-corrected chi connectivity index (χ4v) is 1.61. The fourth-order valence-electron chi connectivity index (χ4n) is 1.22. The third-order valence-corrected chi connectivity index (χ3v) is 2.87. The van der Waals surface area contributed by atoms with E-state index in [-0.39, 0.29) is 24.1 Å². The van der Waals surface area contributed by atoms with Crippen molar-refractivity contribution in [1.82, 2.24) is 5.32 Å². The average molecular weight is 326 g/mol. The van der Waals surface area contributed by atoms with Gasteiger partial charge in [0.25, 0.3) is 0 Å². The van der Waals surface area contributed by atoms with Crippen LogP contribution in [0.1, 0.15) is 18.4 Å². The Morgan fingerprint density at radius 2 is 2.18 bits per heavy atom. The number of nitrogens with one attached hydrogen (secondary N) is 1. The van der Waals surface area contributed by atoms with Crippen LogP contribution in [0.4, 0.5) is 4.39 Å². The molecule has 0 atom stereocenters. The largest absolute Gasteiger partial charge is 0.352 e. The lowest BCUT2D eigenvalue weighted by Crippen LogP contribution is -2.23. The molecule has 0 aromatic heterocycles. The molecule has 0 fully saturated rings. The van der Waals surface area contributed by atoms with Crippen LogP contribution in [0.3, 0.4) is 0 Å². The molecule has 3 N–H and O–H groups in total. The highest BCUT2D eigenvalue weighted by atomic mass is 79.9. The Bertz CT molecular complexity index is 376. The summed E-state index contributed by atoms with van der Waals surface area (Å²) in [6.45, 7) is 0.818. The lowest BCUT2D eigenvalue weighted by atomic mass is 10.2. The summed E-state index contributed by atoms with van der Waals surface area (Å²) in [6.07, 6.45) is 1.07. The molecule has 3 nitrogen and oxygen atoms in total. The van der Waals surface area contributed by atoms with Crippen molar-refractivity contribution in [3.05, 3.63) is 34.1 Å². The van der Waals surface area contributed by atoms with Crippen molar-refractivity contribution in [2.75, 3.05) is 6.54 Å². The Kier molecular flexibility index (Phi) is 8.12. The zero-order valence-corrected chi connectivity index (χ0v) is 11.6. The normalized spacial score (nSPS) is 9.59. The van der Waals surface area contributed by atoms with Crippen LogP contribution in [-0.2, 0) is 11.3 Å². The van der Waals surface area contributed by atoms with E-state index in [2.05, 4.69) is 21.2 Å². The summed E-state index contributed by atoms with van der Waals surface area (Å²) in [7, 11) is 0. The van der Waals surface area contributed by atoms with Crippen LogP contribution in [0.25, 0.3) is 0 Å². The van der Waals surface area contributed by atoms with E-state index in [1.165, 1.54) is 12.1 Å². The topological polar surface area (TPSA) is 55.1 Å². The maximum absolute atomic E-state index is 12.9. The molecule has 0 saturated heterocycles. The van der Waals surface area contributed by atoms with E-state index in [0.29, 0.717) is 25.9 Å². The molecule has 0 aliphatic heterocycles. The lowest BCUT2D eigenvalue weighted by molar-refractivity contribution is -0.121. The van der Waals surface area contributed by atoms with Crippen molar-refractivity contribution in [1.29, 1.82) is 0 Å². The zero-order chi connectivity index (χ0) is 12.0. The molecule has 0 bridgehead atoms.